The van der Waals surface area contributed by atoms with Crippen molar-refractivity contribution in [3.63, 3.8) is 0 Å². The second-order valence-corrected chi connectivity index (χ2v) is 7.46. The van der Waals surface area contributed by atoms with E-state index in [1.165, 1.54) is 8.61 Å². The van der Waals surface area contributed by atoms with Gasteiger partial charge in [-0.05, 0) is 32.6 Å². The van der Waals surface area contributed by atoms with Crippen LogP contribution in [0, 0.1) is 5.92 Å². The minimum absolute atomic E-state index is 0.0854. The number of nitrogens with two attached hydrogens (primary N) is 1. The third-order valence-corrected chi connectivity index (χ3v) is 6.38. The molecular formula is C13H25N3O4S. The van der Waals surface area contributed by atoms with E-state index in [1.807, 2.05) is 0 Å². The SMILES string of the molecule is CCOC(=O)C1CCN(S(=O)(=O)N2CCCC2CN)CC1. The summed E-state index contributed by atoms with van der Waals surface area (Å²) in [5.41, 5.74) is 5.66. The maximum atomic E-state index is 12.6. The zero-order chi connectivity index (χ0) is 15.5. The van der Waals surface area contributed by atoms with Crippen LogP contribution in [0.1, 0.15) is 32.6 Å². The molecule has 0 spiro atoms. The van der Waals surface area contributed by atoms with Crippen LogP contribution in [0.2, 0.25) is 0 Å². The van der Waals surface area contributed by atoms with Gasteiger partial charge in [-0.15, -0.1) is 0 Å². The molecule has 0 aromatic heterocycles. The fourth-order valence-corrected chi connectivity index (χ4v) is 4.98. The van der Waals surface area contributed by atoms with Crippen LogP contribution in [-0.4, -0.2) is 61.8 Å². The largest absolute Gasteiger partial charge is 0.466 e. The van der Waals surface area contributed by atoms with E-state index < -0.39 is 10.2 Å². The van der Waals surface area contributed by atoms with Crippen molar-refractivity contribution in [3.8, 4) is 0 Å². The number of hydrogen-bond acceptors (Lipinski definition) is 5. The second kappa shape index (κ2) is 7.04. The molecule has 2 aliphatic heterocycles. The summed E-state index contributed by atoms with van der Waals surface area (Å²) in [4.78, 5) is 11.7. The van der Waals surface area contributed by atoms with Gasteiger partial charge >= 0.3 is 5.97 Å². The number of hydrogen-bond donors (Lipinski definition) is 1. The number of carbonyl (C=O) groups excluding carboxylic acids is 1. The quantitative estimate of drug-likeness (QED) is 0.716. The molecule has 2 heterocycles. The van der Waals surface area contributed by atoms with Crippen LogP contribution in [0.15, 0.2) is 0 Å². The lowest BCUT2D eigenvalue weighted by Gasteiger charge is -2.34. The Balaban J connectivity index is 1.96. The van der Waals surface area contributed by atoms with E-state index in [0.29, 0.717) is 45.6 Å². The van der Waals surface area contributed by atoms with Crippen LogP contribution in [0.5, 0.6) is 0 Å². The molecule has 2 fully saturated rings. The Bertz CT molecular complexity index is 460. The molecule has 0 aromatic carbocycles. The van der Waals surface area contributed by atoms with Gasteiger partial charge in [0, 0.05) is 32.2 Å². The molecule has 1 unspecified atom stereocenters. The third kappa shape index (κ3) is 3.56. The zero-order valence-electron chi connectivity index (χ0n) is 12.5. The fraction of sp³-hybridized carbons (Fsp3) is 0.923. The van der Waals surface area contributed by atoms with Crippen molar-refractivity contribution in [2.45, 2.75) is 38.6 Å². The van der Waals surface area contributed by atoms with Gasteiger partial charge in [0.2, 0.25) is 0 Å². The summed E-state index contributed by atoms with van der Waals surface area (Å²) < 4.78 is 33.3. The molecule has 21 heavy (non-hydrogen) atoms. The molecule has 2 rings (SSSR count). The van der Waals surface area contributed by atoms with Crippen molar-refractivity contribution in [2.75, 3.05) is 32.8 Å². The summed E-state index contributed by atoms with van der Waals surface area (Å²) in [5.74, 6) is -0.393. The highest BCUT2D eigenvalue weighted by Gasteiger charge is 2.39. The Morgan fingerprint density at radius 2 is 1.90 bits per heavy atom. The Labute approximate surface area is 126 Å². The number of piperidine rings is 1. The minimum atomic E-state index is -3.45. The Kier molecular flexibility index (Phi) is 5.59. The van der Waals surface area contributed by atoms with Gasteiger partial charge in [0.15, 0.2) is 0 Å². The Hall–Kier alpha value is -0.700. The number of ether oxygens (including phenoxy) is 1. The number of esters is 1. The van der Waals surface area contributed by atoms with Crippen LogP contribution in [0.25, 0.3) is 0 Å². The summed E-state index contributed by atoms with van der Waals surface area (Å²) in [5, 5.41) is 0. The van der Waals surface area contributed by atoms with E-state index in [-0.39, 0.29) is 17.9 Å². The van der Waals surface area contributed by atoms with Crippen LogP contribution in [0.3, 0.4) is 0 Å². The molecule has 8 heteroatoms. The predicted molar refractivity (Wildman–Crippen MR) is 78.6 cm³/mol. The summed E-state index contributed by atoms with van der Waals surface area (Å²) >= 11 is 0. The molecule has 2 aliphatic rings. The van der Waals surface area contributed by atoms with Gasteiger partial charge in [0.1, 0.15) is 0 Å². The van der Waals surface area contributed by atoms with Gasteiger partial charge in [-0.2, -0.15) is 17.0 Å². The topological polar surface area (TPSA) is 92.9 Å². The van der Waals surface area contributed by atoms with E-state index >= 15 is 0 Å². The molecule has 2 saturated heterocycles. The van der Waals surface area contributed by atoms with Crippen molar-refractivity contribution >= 4 is 16.2 Å². The van der Waals surface area contributed by atoms with Crippen molar-refractivity contribution in [1.29, 1.82) is 0 Å². The first-order valence-electron chi connectivity index (χ1n) is 7.64. The van der Waals surface area contributed by atoms with Crippen LogP contribution in [0.4, 0.5) is 0 Å². The minimum Gasteiger partial charge on any atom is -0.466 e. The molecule has 7 nitrogen and oxygen atoms in total. The molecule has 0 saturated carbocycles. The van der Waals surface area contributed by atoms with Crippen LogP contribution < -0.4 is 5.73 Å². The van der Waals surface area contributed by atoms with Crippen molar-refractivity contribution in [1.82, 2.24) is 8.61 Å². The Morgan fingerprint density at radius 1 is 1.24 bits per heavy atom. The molecule has 0 aromatic rings. The maximum absolute atomic E-state index is 12.6. The van der Waals surface area contributed by atoms with E-state index in [1.54, 1.807) is 6.92 Å². The fourth-order valence-electron chi connectivity index (χ4n) is 3.08. The van der Waals surface area contributed by atoms with E-state index in [4.69, 9.17) is 10.5 Å². The lowest BCUT2D eigenvalue weighted by atomic mass is 9.98. The zero-order valence-corrected chi connectivity index (χ0v) is 13.3. The number of carbonyl (C=O) groups is 1. The first-order valence-corrected chi connectivity index (χ1v) is 9.04. The third-order valence-electron chi connectivity index (χ3n) is 4.29. The average Bonchev–Trinajstić information content (AvgIpc) is 2.97. The van der Waals surface area contributed by atoms with E-state index in [2.05, 4.69) is 0 Å². The highest BCUT2D eigenvalue weighted by Crippen LogP contribution is 2.27. The predicted octanol–water partition coefficient (Wildman–Crippen LogP) is -0.0706. The van der Waals surface area contributed by atoms with Crippen molar-refractivity contribution in [2.24, 2.45) is 11.7 Å². The first-order chi connectivity index (χ1) is 10.0. The van der Waals surface area contributed by atoms with E-state index in [0.717, 1.165) is 12.8 Å². The average molecular weight is 319 g/mol. The van der Waals surface area contributed by atoms with Crippen LogP contribution in [-0.2, 0) is 19.7 Å². The normalized spacial score (nSPS) is 26.1. The van der Waals surface area contributed by atoms with Crippen molar-refractivity contribution < 1.29 is 17.9 Å². The summed E-state index contributed by atoms with van der Waals surface area (Å²) in [6, 6.07) is -0.0854. The van der Waals surface area contributed by atoms with Gasteiger partial charge in [-0.3, -0.25) is 4.79 Å². The Morgan fingerprint density at radius 3 is 2.48 bits per heavy atom. The van der Waals surface area contributed by atoms with E-state index in [9.17, 15) is 13.2 Å². The van der Waals surface area contributed by atoms with Crippen molar-refractivity contribution in [3.05, 3.63) is 0 Å². The molecule has 2 N–H and O–H groups in total. The highest BCUT2D eigenvalue weighted by molar-refractivity contribution is 7.86. The lowest BCUT2D eigenvalue weighted by molar-refractivity contribution is -0.149. The lowest BCUT2D eigenvalue weighted by Crippen LogP contribution is -2.50. The number of rotatable bonds is 5. The summed E-state index contributed by atoms with van der Waals surface area (Å²) in [7, 11) is -3.45. The molecule has 0 radical (unpaired) electrons. The van der Waals surface area contributed by atoms with Gasteiger partial charge in [0.05, 0.1) is 12.5 Å². The molecule has 0 amide bonds. The summed E-state index contributed by atoms with van der Waals surface area (Å²) in [6.45, 7) is 3.79. The monoisotopic (exact) mass is 319 g/mol. The van der Waals surface area contributed by atoms with Gasteiger partial charge in [0.25, 0.3) is 10.2 Å². The van der Waals surface area contributed by atoms with Gasteiger partial charge in [-0.1, -0.05) is 0 Å². The molecule has 122 valence electrons. The van der Waals surface area contributed by atoms with Gasteiger partial charge in [-0.25, -0.2) is 0 Å². The molecule has 1 atom stereocenters. The molecular weight excluding hydrogens is 294 g/mol. The highest BCUT2D eigenvalue weighted by atomic mass is 32.2. The summed E-state index contributed by atoms with van der Waals surface area (Å²) in [6.07, 6.45) is 2.74. The van der Waals surface area contributed by atoms with Crippen LogP contribution >= 0.6 is 0 Å². The molecule has 0 aliphatic carbocycles. The molecule has 0 bridgehead atoms. The standard InChI is InChI=1S/C13H25N3O4S/c1-2-20-13(17)11-5-8-15(9-6-11)21(18,19)16-7-3-4-12(16)10-14/h11-12H,2-10,14H2,1H3. The smallest absolute Gasteiger partial charge is 0.309 e. The second-order valence-electron chi connectivity index (χ2n) is 5.58. The number of nitrogens with zero attached hydrogens (tertiary/aromatic N) is 2. The van der Waals surface area contributed by atoms with Gasteiger partial charge < -0.3 is 10.5 Å². The first kappa shape index (κ1) is 16.7. The maximum Gasteiger partial charge on any atom is 0.309 e.